The Hall–Kier alpha value is -1.60. The van der Waals surface area contributed by atoms with Crippen LogP contribution in [-0.4, -0.2) is 51.4 Å². The van der Waals surface area contributed by atoms with Gasteiger partial charge in [0.1, 0.15) is 17.9 Å². The minimum absolute atomic E-state index is 0.0824. The fraction of sp³-hybridized carbons (Fsp3) is 0.615. The molecule has 2 rings (SSSR count). The van der Waals surface area contributed by atoms with Crippen LogP contribution in [0.15, 0.2) is 0 Å². The molecule has 0 saturated carbocycles. The van der Waals surface area contributed by atoms with Crippen LogP contribution in [0.2, 0.25) is 0 Å². The van der Waals surface area contributed by atoms with Crippen LogP contribution >= 0.6 is 11.6 Å². The molecule has 2 heterocycles. The smallest absolute Gasteiger partial charge is 0.240 e. The zero-order valence-electron chi connectivity index (χ0n) is 12.5. The molecule has 1 N–H and O–H groups in total. The van der Waals surface area contributed by atoms with E-state index >= 15 is 0 Å². The number of hydrogen-bond donors (Lipinski definition) is 1. The van der Waals surface area contributed by atoms with Crippen LogP contribution in [-0.2, 0) is 29.5 Å². The van der Waals surface area contributed by atoms with Gasteiger partial charge in [0, 0.05) is 33.0 Å². The number of nitrogens with one attached hydrogen (secondary N) is 1. The van der Waals surface area contributed by atoms with Crippen LogP contribution in [0.3, 0.4) is 0 Å². The molecule has 0 unspecified atom stereocenters. The molecule has 0 bridgehead atoms. The summed E-state index contributed by atoms with van der Waals surface area (Å²) in [5.41, 5.74) is 2.51. The third kappa shape index (κ3) is 3.36. The van der Waals surface area contributed by atoms with Gasteiger partial charge in [-0.15, -0.1) is 11.6 Å². The van der Waals surface area contributed by atoms with Crippen LogP contribution in [0.1, 0.15) is 11.5 Å². The molecule has 0 spiro atoms. The lowest BCUT2D eigenvalue weighted by Gasteiger charge is -2.09. The summed E-state index contributed by atoms with van der Waals surface area (Å²) in [4.78, 5) is 16.6. The minimum atomic E-state index is -0.0824. The SMILES string of the molecule is COCCNC(=O)Cn1c(CCCl)nc2c(C)nn(C)c21. The number of carbonyl (C=O) groups excluding carboxylic acids is 1. The minimum Gasteiger partial charge on any atom is -0.383 e. The highest BCUT2D eigenvalue weighted by Gasteiger charge is 2.18. The van der Waals surface area contributed by atoms with Crippen LogP contribution in [0.25, 0.3) is 11.2 Å². The molecule has 1 amide bonds. The number of hydrogen-bond acceptors (Lipinski definition) is 4. The van der Waals surface area contributed by atoms with Crippen molar-refractivity contribution in [1.82, 2.24) is 24.6 Å². The zero-order chi connectivity index (χ0) is 15.4. The molecule has 7 nitrogen and oxygen atoms in total. The molecule has 21 heavy (non-hydrogen) atoms. The van der Waals surface area contributed by atoms with Crippen molar-refractivity contribution in [3.05, 3.63) is 11.5 Å². The van der Waals surface area contributed by atoms with Crippen molar-refractivity contribution < 1.29 is 9.53 Å². The van der Waals surface area contributed by atoms with E-state index in [4.69, 9.17) is 16.3 Å². The Morgan fingerprint density at radius 2 is 2.24 bits per heavy atom. The maximum absolute atomic E-state index is 12.0. The normalized spacial score (nSPS) is 11.2. The van der Waals surface area contributed by atoms with E-state index in [2.05, 4.69) is 15.4 Å². The molecule has 0 atom stereocenters. The Labute approximate surface area is 128 Å². The molecule has 2 aromatic heterocycles. The molecule has 2 aromatic rings. The highest BCUT2D eigenvalue weighted by molar-refractivity contribution is 6.17. The van der Waals surface area contributed by atoms with Crippen molar-refractivity contribution >= 4 is 28.7 Å². The van der Waals surface area contributed by atoms with Crippen molar-refractivity contribution in [1.29, 1.82) is 0 Å². The lowest BCUT2D eigenvalue weighted by Crippen LogP contribution is -2.31. The third-order valence-corrected chi connectivity index (χ3v) is 3.41. The molecule has 0 fully saturated rings. The Bertz CT molecular complexity index is 634. The van der Waals surface area contributed by atoms with E-state index in [1.165, 1.54) is 0 Å². The lowest BCUT2D eigenvalue weighted by molar-refractivity contribution is -0.121. The number of methoxy groups -OCH3 is 1. The van der Waals surface area contributed by atoms with Gasteiger partial charge >= 0.3 is 0 Å². The number of nitrogens with zero attached hydrogens (tertiary/aromatic N) is 4. The fourth-order valence-corrected chi connectivity index (χ4v) is 2.48. The van der Waals surface area contributed by atoms with E-state index in [1.54, 1.807) is 11.8 Å². The van der Waals surface area contributed by atoms with Crippen molar-refractivity contribution in [3.63, 3.8) is 0 Å². The number of ether oxygens (including phenoxy) is 1. The van der Waals surface area contributed by atoms with E-state index < -0.39 is 0 Å². The van der Waals surface area contributed by atoms with E-state index in [9.17, 15) is 4.79 Å². The molecule has 0 aromatic carbocycles. The number of aromatic nitrogens is 4. The number of alkyl halides is 1. The molecule has 0 aliphatic heterocycles. The molecule has 116 valence electrons. The molecule has 0 radical (unpaired) electrons. The largest absolute Gasteiger partial charge is 0.383 e. The second-order valence-corrected chi connectivity index (χ2v) is 5.16. The van der Waals surface area contributed by atoms with Gasteiger partial charge in [0.25, 0.3) is 0 Å². The summed E-state index contributed by atoms with van der Waals surface area (Å²) < 4.78 is 8.54. The Morgan fingerprint density at radius 1 is 1.48 bits per heavy atom. The quantitative estimate of drug-likeness (QED) is 0.601. The van der Waals surface area contributed by atoms with Crippen LogP contribution in [0.5, 0.6) is 0 Å². The van der Waals surface area contributed by atoms with Crippen molar-refractivity contribution in [2.75, 3.05) is 26.1 Å². The number of halogens is 1. The number of imidazole rings is 1. The predicted octanol–water partition coefficient (Wildman–Crippen LogP) is 0.622. The number of carbonyl (C=O) groups is 1. The molecular formula is C13H20ClN5O2. The van der Waals surface area contributed by atoms with E-state index in [1.807, 2.05) is 18.5 Å². The lowest BCUT2D eigenvalue weighted by atomic mass is 10.4. The van der Waals surface area contributed by atoms with Crippen LogP contribution < -0.4 is 5.32 Å². The fourth-order valence-electron chi connectivity index (χ4n) is 2.31. The molecular weight excluding hydrogens is 294 g/mol. The standard InChI is InChI=1S/C13H20ClN5O2/c1-9-12-13(18(2)17-9)19(10(16-12)4-5-14)8-11(20)15-6-7-21-3/h4-8H2,1-3H3,(H,15,20). The molecule has 0 aliphatic carbocycles. The third-order valence-electron chi connectivity index (χ3n) is 3.22. The summed E-state index contributed by atoms with van der Waals surface area (Å²) in [5.74, 6) is 1.18. The predicted molar refractivity (Wildman–Crippen MR) is 80.5 cm³/mol. The number of aryl methyl sites for hydroxylation is 3. The number of amides is 1. The Kier molecular flexibility index (Phi) is 5.19. The average molecular weight is 314 g/mol. The maximum Gasteiger partial charge on any atom is 0.240 e. The first-order chi connectivity index (χ1) is 10.1. The summed E-state index contributed by atoms with van der Waals surface area (Å²) in [6.45, 7) is 3.08. The van der Waals surface area contributed by atoms with Gasteiger partial charge in [0.05, 0.1) is 12.3 Å². The van der Waals surface area contributed by atoms with Gasteiger partial charge in [0.2, 0.25) is 5.91 Å². The second-order valence-electron chi connectivity index (χ2n) is 4.78. The Morgan fingerprint density at radius 3 is 2.90 bits per heavy atom. The first-order valence-corrected chi connectivity index (χ1v) is 7.32. The maximum atomic E-state index is 12.0. The van der Waals surface area contributed by atoms with Crippen LogP contribution in [0.4, 0.5) is 0 Å². The monoisotopic (exact) mass is 313 g/mol. The highest BCUT2D eigenvalue weighted by atomic mass is 35.5. The summed E-state index contributed by atoms with van der Waals surface area (Å²) >= 11 is 5.83. The van der Waals surface area contributed by atoms with Gasteiger partial charge in [-0.05, 0) is 6.92 Å². The summed E-state index contributed by atoms with van der Waals surface area (Å²) in [7, 11) is 3.45. The summed E-state index contributed by atoms with van der Waals surface area (Å²) in [6.07, 6.45) is 0.612. The first kappa shape index (κ1) is 15.8. The van der Waals surface area contributed by atoms with Crippen molar-refractivity contribution in [2.24, 2.45) is 7.05 Å². The van der Waals surface area contributed by atoms with Gasteiger partial charge in [0.15, 0.2) is 5.65 Å². The topological polar surface area (TPSA) is 74.0 Å². The van der Waals surface area contributed by atoms with E-state index in [0.29, 0.717) is 25.5 Å². The molecule has 0 saturated heterocycles. The van der Waals surface area contributed by atoms with Crippen LogP contribution in [0, 0.1) is 6.92 Å². The van der Waals surface area contributed by atoms with E-state index in [-0.39, 0.29) is 12.5 Å². The zero-order valence-corrected chi connectivity index (χ0v) is 13.3. The van der Waals surface area contributed by atoms with Gasteiger partial charge in [-0.1, -0.05) is 0 Å². The van der Waals surface area contributed by atoms with Gasteiger partial charge in [-0.25, -0.2) is 4.98 Å². The highest BCUT2D eigenvalue weighted by Crippen LogP contribution is 2.19. The number of rotatable bonds is 7. The molecule has 0 aliphatic rings. The van der Waals surface area contributed by atoms with Crippen molar-refractivity contribution in [2.45, 2.75) is 19.9 Å². The average Bonchev–Trinajstić information content (AvgIpc) is 2.91. The van der Waals surface area contributed by atoms with Gasteiger partial charge in [-0.2, -0.15) is 5.10 Å². The summed E-state index contributed by atoms with van der Waals surface area (Å²) in [6, 6.07) is 0. The first-order valence-electron chi connectivity index (χ1n) is 6.78. The van der Waals surface area contributed by atoms with Crippen molar-refractivity contribution in [3.8, 4) is 0 Å². The van der Waals surface area contributed by atoms with Gasteiger partial charge < -0.3 is 14.6 Å². The molecule has 8 heteroatoms. The second kappa shape index (κ2) is 6.91. The van der Waals surface area contributed by atoms with Gasteiger partial charge in [-0.3, -0.25) is 9.48 Å². The Balaban J connectivity index is 2.27. The number of fused-ring (bicyclic) bond motifs is 1. The van der Waals surface area contributed by atoms with E-state index in [0.717, 1.165) is 22.7 Å². The summed E-state index contributed by atoms with van der Waals surface area (Å²) in [5, 5.41) is 7.15.